The number of hydrogen-bond acceptors (Lipinski definition) is 1. The number of aryl methyl sites for hydroxylation is 2. The zero-order valence-corrected chi connectivity index (χ0v) is 14.3. The molecule has 0 aliphatic carbocycles. The molecule has 1 nitrogen and oxygen atoms in total. The van der Waals surface area contributed by atoms with E-state index in [9.17, 15) is 0 Å². The molecular formula is C19H33N. The van der Waals surface area contributed by atoms with Crippen molar-refractivity contribution in [2.45, 2.75) is 73.3 Å². The number of rotatable bonds is 8. The second kappa shape index (κ2) is 7.83. The fourth-order valence-corrected chi connectivity index (χ4v) is 2.79. The molecule has 0 aliphatic heterocycles. The van der Waals surface area contributed by atoms with Gasteiger partial charge >= 0.3 is 0 Å². The lowest BCUT2D eigenvalue weighted by molar-refractivity contribution is 0.290. The fraction of sp³-hybridized carbons (Fsp3) is 0.684. The maximum atomic E-state index is 3.73. The Balaban J connectivity index is 2.51. The molecule has 1 rings (SSSR count). The summed E-state index contributed by atoms with van der Waals surface area (Å²) in [5.41, 5.74) is 4.56. The lowest BCUT2D eigenvalue weighted by Gasteiger charge is -2.28. The summed E-state index contributed by atoms with van der Waals surface area (Å²) in [6.07, 6.45) is 5.33. The van der Waals surface area contributed by atoms with E-state index in [-0.39, 0.29) is 0 Å². The van der Waals surface area contributed by atoms with Gasteiger partial charge in [-0.25, -0.2) is 0 Å². The molecule has 0 bridgehead atoms. The highest BCUT2D eigenvalue weighted by Gasteiger charge is 2.18. The number of nitrogens with one attached hydrogen (secondary N) is 1. The normalized spacial score (nSPS) is 13.5. The van der Waals surface area contributed by atoms with Crippen LogP contribution in [0.25, 0.3) is 0 Å². The molecule has 1 aromatic carbocycles. The van der Waals surface area contributed by atoms with Gasteiger partial charge in [0.15, 0.2) is 0 Å². The van der Waals surface area contributed by atoms with E-state index < -0.39 is 0 Å². The molecule has 1 heteroatoms. The van der Waals surface area contributed by atoms with E-state index in [4.69, 9.17) is 0 Å². The van der Waals surface area contributed by atoms with Crippen molar-refractivity contribution in [2.24, 2.45) is 5.41 Å². The van der Waals surface area contributed by atoms with E-state index in [0.29, 0.717) is 11.5 Å². The van der Waals surface area contributed by atoms with Crippen LogP contribution >= 0.6 is 0 Å². The lowest BCUT2D eigenvalue weighted by Crippen LogP contribution is -2.31. The van der Waals surface area contributed by atoms with Gasteiger partial charge in [-0.05, 0) is 43.7 Å². The average molecular weight is 275 g/mol. The summed E-state index contributed by atoms with van der Waals surface area (Å²) in [5, 5.41) is 3.73. The van der Waals surface area contributed by atoms with Crippen molar-refractivity contribution >= 4 is 0 Å². The summed E-state index contributed by atoms with van der Waals surface area (Å²) in [4.78, 5) is 0. The molecule has 0 radical (unpaired) electrons. The Morgan fingerprint density at radius 3 is 2.45 bits per heavy atom. The SMILES string of the molecule is CCCCCC(C)(C)CNC(C)c1ccc(C)cc1C. The van der Waals surface area contributed by atoms with Crippen LogP contribution in [0.5, 0.6) is 0 Å². The summed E-state index contributed by atoms with van der Waals surface area (Å²) in [5.74, 6) is 0. The van der Waals surface area contributed by atoms with Gasteiger partial charge in [-0.1, -0.05) is 63.8 Å². The van der Waals surface area contributed by atoms with Crippen molar-refractivity contribution in [1.29, 1.82) is 0 Å². The van der Waals surface area contributed by atoms with Crippen LogP contribution in [0.1, 0.15) is 76.1 Å². The summed E-state index contributed by atoms with van der Waals surface area (Å²) in [6, 6.07) is 7.19. The van der Waals surface area contributed by atoms with Crippen molar-refractivity contribution in [3.05, 3.63) is 34.9 Å². The molecule has 0 saturated carbocycles. The topological polar surface area (TPSA) is 12.0 Å². The number of hydrogen-bond donors (Lipinski definition) is 1. The Morgan fingerprint density at radius 2 is 1.85 bits per heavy atom. The van der Waals surface area contributed by atoms with E-state index in [0.717, 1.165) is 6.54 Å². The van der Waals surface area contributed by atoms with E-state index >= 15 is 0 Å². The summed E-state index contributed by atoms with van der Waals surface area (Å²) >= 11 is 0. The number of benzene rings is 1. The first kappa shape index (κ1) is 17.2. The zero-order chi connectivity index (χ0) is 15.2. The molecule has 0 spiro atoms. The van der Waals surface area contributed by atoms with Crippen LogP contribution in [0.15, 0.2) is 18.2 Å². The molecule has 20 heavy (non-hydrogen) atoms. The second-order valence-corrected chi connectivity index (χ2v) is 7.08. The van der Waals surface area contributed by atoms with Gasteiger partial charge in [-0.15, -0.1) is 0 Å². The molecule has 1 aromatic rings. The molecule has 114 valence electrons. The van der Waals surface area contributed by atoms with Crippen LogP contribution in [0.3, 0.4) is 0 Å². The van der Waals surface area contributed by atoms with E-state index in [2.05, 4.69) is 65.1 Å². The highest BCUT2D eigenvalue weighted by molar-refractivity contribution is 5.32. The van der Waals surface area contributed by atoms with Gasteiger partial charge in [0.2, 0.25) is 0 Å². The minimum absolute atomic E-state index is 0.391. The largest absolute Gasteiger partial charge is 0.310 e. The Hall–Kier alpha value is -0.820. The Morgan fingerprint density at radius 1 is 1.15 bits per heavy atom. The quantitative estimate of drug-likeness (QED) is 0.612. The lowest BCUT2D eigenvalue weighted by atomic mass is 9.86. The van der Waals surface area contributed by atoms with Gasteiger partial charge in [0.05, 0.1) is 0 Å². The summed E-state index contributed by atoms with van der Waals surface area (Å²) in [7, 11) is 0. The third kappa shape index (κ3) is 5.66. The first-order chi connectivity index (χ1) is 9.35. The van der Waals surface area contributed by atoms with Crippen molar-refractivity contribution in [2.75, 3.05) is 6.54 Å². The first-order valence-corrected chi connectivity index (χ1v) is 8.16. The van der Waals surface area contributed by atoms with Gasteiger partial charge in [0.1, 0.15) is 0 Å². The Kier molecular flexibility index (Phi) is 6.75. The third-order valence-corrected chi connectivity index (χ3v) is 4.24. The molecule has 0 aliphatic rings. The van der Waals surface area contributed by atoms with Gasteiger partial charge < -0.3 is 5.32 Å². The van der Waals surface area contributed by atoms with Gasteiger partial charge in [-0.2, -0.15) is 0 Å². The molecule has 0 fully saturated rings. The molecule has 0 saturated heterocycles. The predicted molar refractivity (Wildman–Crippen MR) is 90.3 cm³/mol. The minimum atomic E-state index is 0.391. The maximum absolute atomic E-state index is 3.73. The maximum Gasteiger partial charge on any atom is 0.0294 e. The van der Waals surface area contributed by atoms with Crippen molar-refractivity contribution < 1.29 is 0 Å². The Labute approximate surface area is 126 Å². The van der Waals surface area contributed by atoms with Crippen LogP contribution in [0.2, 0.25) is 0 Å². The summed E-state index contributed by atoms with van der Waals surface area (Å²) < 4.78 is 0. The van der Waals surface area contributed by atoms with Crippen LogP contribution < -0.4 is 5.32 Å². The monoisotopic (exact) mass is 275 g/mol. The second-order valence-electron chi connectivity index (χ2n) is 7.08. The van der Waals surface area contributed by atoms with Crippen molar-refractivity contribution in [1.82, 2.24) is 5.32 Å². The highest BCUT2D eigenvalue weighted by atomic mass is 14.9. The van der Waals surface area contributed by atoms with E-state index in [1.165, 1.54) is 42.4 Å². The number of unbranched alkanes of at least 4 members (excludes halogenated alkanes) is 2. The average Bonchev–Trinajstić information content (AvgIpc) is 2.36. The molecule has 1 unspecified atom stereocenters. The molecular weight excluding hydrogens is 242 g/mol. The van der Waals surface area contributed by atoms with E-state index in [1.54, 1.807) is 0 Å². The highest BCUT2D eigenvalue weighted by Crippen LogP contribution is 2.25. The fourth-order valence-electron chi connectivity index (χ4n) is 2.79. The van der Waals surface area contributed by atoms with Crippen molar-refractivity contribution in [3.63, 3.8) is 0 Å². The summed E-state index contributed by atoms with van der Waals surface area (Å²) in [6.45, 7) is 14.8. The molecule has 1 atom stereocenters. The van der Waals surface area contributed by atoms with E-state index in [1.807, 2.05) is 0 Å². The predicted octanol–water partition coefficient (Wildman–Crippen LogP) is 5.56. The van der Waals surface area contributed by atoms with Crippen LogP contribution in [0, 0.1) is 19.3 Å². The standard InChI is InChI=1S/C19H33N/c1-7-8-9-12-19(5,6)14-20-17(4)18-11-10-15(2)13-16(18)3/h10-11,13,17,20H,7-9,12,14H2,1-6H3. The molecule has 0 heterocycles. The third-order valence-electron chi connectivity index (χ3n) is 4.24. The first-order valence-electron chi connectivity index (χ1n) is 8.16. The van der Waals surface area contributed by atoms with Crippen LogP contribution in [-0.4, -0.2) is 6.54 Å². The molecule has 1 N–H and O–H groups in total. The smallest absolute Gasteiger partial charge is 0.0294 e. The van der Waals surface area contributed by atoms with Crippen molar-refractivity contribution in [3.8, 4) is 0 Å². The minimum Gasteiger partial charge on any atom is -0.310 e. The van der Waals surface area contributed by atoms with Gasteiger partial charge in [-0.3, -0.25) is 0 Å². The van der Waals surface area contributed by atoms with Crippen LogP contribution in [0.4, 0.5) is 0 Å². The molecule has 0 aromatic heterocycles. The Bertz CT molecular complexity index is 406. The molecule has 0 amide bonds. The van der Waals surface area contributed by atoms with Gasteiger partial charge in [0, 0.05) is 12.6 Å². The van der Waals surface area contributed by atoms with Gasteiger partial charge in [0.25, 0.3) is 0 Å². The van der Waals surface area contributed by atoms with Crippen LogP contribution in [-0.2, 0) is 0 Å². The zero-order valence-electron chi connectivity index (χ0n) is 14.3.